The average Bonchev–Trinajstić information content (AvgIpc) is 3.11. The first kappa shape index (κ1) is 21.6. The first-order valence-corrected chi connectivity index (χ1v) is 11.2. The highest BCUT2D eigenvalue weighted by Crippen LogP contribution is 2.40. The Kier molecular flexibility index (Phi) is 7.13. The highest BCUT2D eigenvalue weighted by atomic mass is 79.9. The van der Waals surface area contributed by atoms with Gasteiger partial charge in [-0.3, -0.25) is 5.32 Å². The lowest BCUT2D eigenvalue weighted by molar-refractivity contribution is 0.109. The predicted octanol–water partition coefficient (Wildman–Crippen LogP) is 5.82. The van der Waals surface area contributed by atoms with E-state index in [-0.39, 0.29) is 18.2 Å². The van der Waals surface area contributed by atoms with Crippen LogP contribution in [0.15, 0.2) is 28.9 Å². The van der Waals surface area contributed by atoms with Gasteiger partial charge in [-0.15, -0.1) is 11.3 Å². The van der Waals surface area contributed by atoms with Gasteiger partial charge in [-0.25, -0.2) is 14.6 Å². The molecular formula is C20H24BrN3O4S. The first-order chi connectivity index (χ1) is 13.8. The molecule has 9 heteroatoms. The fourth-order valence-corrected chi connectivity index (χ4v) is 5.27. The number of hydrogen-bond donors (Lipinski definition) is 3. The van der Waals surface area contributed by atoms with Crippen LogP contribution in [0.3, 0.4) is 0 Å². The Hall–Kier alpha value is -2.13. The zero-order chi connectivity index (χ0) is 21.0. The van der Waals surface area contributed by atoms with Gasteiger partial charge in [-0.05, 0) is 51.7 Å². The number of hydrogen-bond acceptors (Lipinski definition) is 5. The number of ether oxygens (including phenoxy) is 1. The number of carbonyl (C=O) groups is 2. The second-order valence-electron chi connectivity index (χ2n) is 7.33. The molecule has 0 spiro atoms. The van der Waals surface area contributed by atoms with E-state index in [0.717, 1.165) is 45.6 Å². The molecular weight excluding hydrogens is 458 g/mol. The summed E-state index contributed by atoms with van der Waals surface area (Å²) in [7, 11) is 0. The zero-order valence-corrected chi connectivity index (χ0v) is 18.7. The van der Waals surface area contributed by atoms with Crippen LogP contribution in [-0.4, -0.2) is 34.4 Å². The maximum absolute atomic E-state index is 11.8. The fraction of sp³-hybridized carbons (Fsp3) is 0.450. The van der Waals surface area contributed by atoms with Crippen molar-refractivity contribution in [2.45, 2.75) is 57.6 Å². The molecule has 3 rings (SSSR count). The number of nitrogens with zero attached hydrogens (tertiary/aromatic N) is 1. The highest BCUT2D eigenvalue weighted by molar-refractivity contribution is 9.10. The van der Waals surface area contributed by atoms with E-state index in [1.807, 2.05) is 26.1 Å². The topological polar surface area (TPSA) is 101 Å². The quantitative estimate of drug-likeness (QED) is 0.498. The van der Waals surface area contributed by atoms with Gasteiger partial charge in [0, 0.05) is 33.9 Å². The Balaban J connectivity index is 1.60. The molecule has 2 aromatic rings. The van der Waals surface area contributed by atoms with Crippen LogP contribution >= 0.6 is 27.3 Å². The van der Waals surface area contributed by atoms with E-state index >= 15 is 0 Å². The summed E-state index contributed by atoms with van der Waals surface area (Å²) in [6.07, 6.45) is 4.09. The summed E-state index contributed by atoms with van der Waals surface area (Å²) >= 11 is 5.18. The normalized spacial score (nSPS) is 19.0. The molecule has 156 valence electrons. The Labute approximate surface area is 182 Å². The SMILES string of the molecule is CC(C)OC(=O)NC1CCC(c2ncc(-c3ccc(NC(=O)O)cc3Br)s2)CC1. The monoisotopic (exact) mass is 481 g/mol. The number of rotatable bonds is 5. The third-order valence-corrected chi connectivity index (χ3v) is 6.60. The number of aromatic nitrogens is 1. The molecule has 1 aromatic carbocycles. The van der Waals surface area contributed by atoms with Crippen LogP contribution in [0.5, 0.6) is 0 Å². The number of anilines is 1. The molecule has 1 heterocycles. The predicted molar refractivity (Wildman–Crippen MR) is 117 cm³/mol. The summed E-state index contributed by atoms with van der Waals surface area (Å²) in [6.45, 7) is 3.68. The highest BCUT2D eigenvalue weighted by Gasteiger charge is 2.26. The van der Waals surface area contributed by atoms with Crippen molar-refractivity contribution in [2.75, 3.05) is 5.32 Å². The van der Waals surface area contributed by atoms with Crippen LogP contribution in [-0.2, 0) is 4.74 Å². The fourth-order valence-electron chi connectivity index (χ4n) is 3.42. The maximum atomic E-state index is 11.8. The number of carbonyl (C=O) groups excluding carboxylic acids is 1. The van der Waals surface area contributed by atoms with Crippen molar-refractivity contribution in [1.29, 1.82) is 0 Å². The largest absolute Gasteiger partial charge is 0.465 e. The van der Waals surface area contributed by atoms with E-state index in [1.54, 1.807) is 23.5 Å². The minimum atomic E-state index is -1.09. The van der Waals surface area contributed by atoms with Crippen molar-refractivity contribution in [1.82, 2.24) is 10.3 Å². The molecule has 1 fully saturated rings. The molecule has 0 bridgehead atoms. The zero-order valence-electron chi connectivity index (χ0n) is 16.3. The summed E-state index contributed by atoms with van der Waals surface area (Å²) < 4.78 is 5.97. The number of carboxylic acid groups (broad SMARTS) is 1. The Morgan fingerprint density at radius 1 is 1.28 bits per heavy atom. The molecule has 0 aliphatic heterocycles. The lowest BCUT2D eigenvalue weighted by Gasteiger charge is -2.28. The summed E-state index contributed by atoms with van der Waals surface area (Å²) in [4.78, 5) is 28.2. The molecule has 1 saturated carbocycles. The molecule has 0 radical (unpaired) electrons. The second kappa shape index (κ2) is 9.58. The van der Waals surface area contributed by atoms with E-state index in [1.165, 1.54) is 0 Å². The van der Waals surface area contributed by atoms with Gasteiger partial charge < -0.3 is 15.2 Å². The Bertz CT molecular complexity index is 878. The number of nitrogens with one attached hydrogen (secondary N) is 2. The van der Waals surface area contributed by atoms with Crippen LogP contribution in [0.25, 0.3) is 10.4 Å². The molecule has 0 unspecified atom stereocenters. The standard InChI is InChI=1S/C20H24BrN3O4S/c1-11(2)28-20(27)24-13-5-3-12(4-6-13)18-22-10-17(29-18)15-8-7-14(9-16(15)21)23-19(25)26/h7-13,23H,3-6H2,1-2H3,(H,24,27)(H,25,26). The number of thiazole rings is 1. The van der Waals surface area contributed by atoms with E-state index in [2.05, 4.69) is 31.5 Å². The van der Waals surface area contributed by atoms with Crippen molar-refractivity contribution < 1.29 is 19.4 Å². The third-order valence-electron chi connectivity index (χ3n) is 4.75. The van der Waals surface area contributed by atoms with Gasteiger partial charge >= 0.3 is 12.2 Å². The van der Waals surface area contributed by atoms with Gasteiger partial charge in [0.25, 0.3) is 0 Å². The smallest absolute Gasteiger partial charge is 0.409 e. The molecule has 7 nitrogen and oxygen atoms in total. The maximum Gasteiger partial charge on any atom is 0.409 e. The van der Waals surface area contributed by atoms with E-state index in [9.17, 15) is 9.59 Å². The molecule has 3 N–H and O–H groups in total. The van der Waals surface area contributed by atoms with Gasteiger partial charge in [0.2, 0.25) is 0 Å². The second-order valence-corrected chi connectivity index (χ2v) is 9.25. The number of halogens is 1. The van der Waals surface area contributed by atoms with Crippen molar-refractivity contribution >= 4 is 45.1 Å². The van der Waals surface area contributed by atoms with Crippen LogP contribution in [0.2, 0.25) is 0 Å². The third kappa shape index (κ3) is 5.93. The Morgan fingerprint density at radius 2 is 2.00 bits per heavy atom. The summed E-state index contributed by atoms with van der Waals surface area (Å²) in [5.74, 6) is 0.389. The minimum Gasteiger partial charge on any atom is -0.465 e. The lowest BCUT2D eigenvalue weighted by atomic mass is 9.86. The molecule has 29 heavy (non-hydrogen) atoms. The number of benzene rings is 1. The average molecular weight is 482 g/mol. The van der Waals surface area contributed by atoms with E-state index in [0.29, 0.717) is 11.6 Å². The first-order valence-electron chi connectivity index (χ1n) is 9.54. The van der Waals surface area contributed by atoms with Gasteiger partial charge in [0.05, 0.1) is 16.0 Å². The van der Waals surface area contributed by atoms with Crippen LogP contribution in [0, 0.1) is 0 Å². The molecule has 0 saturated heterocycles. The number of amides is 2. The van der Waals surface area contributed by atoms with Crippen LogP contribution < -0.4 is 10.6 Å². The minimum absolute atomic E-state index is 0.117. The van der Waals surface area contributed by atoms with Crippen molar-refractivity contribution in [3.63, 3.8) is 0 Å². The molecule has 1 aliphatic carbocycles. The van der Waals surface area contributed by atoms with Gasteiger partial charge in [0.1, 0.15) is 0 Å². The van der Waals surface area contributed by atoms with E-state index in [4.69, 9.17) is 9.84 Å². The van der Waals surface area contributed by atoms with E-state index < -0.39 is 6.09 Å². The van der Waals surface area contributed by atoms with Crippen LogP contribution in [0.4, 0.5) is 15.3 Å². The molecule has 2 amide bonds. The lowest BCUT2D eigenvalue weighted by Crippen LogP contribution is -2.38. The molecule has 0 atom stereocenters. The van der Waals surface area contributed by atoms with Crippen molar-refractivity contribution in [3.05, 3.63) is 33.9 Å². The summed E-state index contributed by atoms with van der Waals surface area (Å²) in [5.41, 5.74) is 1.50. The summed E-state index contributed by atoms with van der Waals surface area (Å²) in [5, 5.41) is 15.2. The van der Waals surface area contributed by atoms with Crippen LogP contribution in [0.1, 0.15) is 50.5 Å². The summed E-state index contributed by atoms with van der Waals surface area (Å²) in [6, 6.07) is 5.52. The molecule has 1 aromatic heterocycles. The van der Waals surface area contributed by atoms with Gasteiger partial charge in [0.15, 0.2) is 0 Å². The van der Waals surface area contributed by atoms with Gasteiger partial charge in [-0.1, -0.05) is 22.0 Å². The molecule has 1 aliphatic rings. The number of alkyl carbamates (subject to hydrolysis) is 1. The Morgan fingerprint density at radius 3 is 2.62 bits per heavy atom. The van der Waals surface area contributed by atoms with Gasteiger partial charge in [-0.2, -0.15) is 0 Å². The van der Waals surface area contributed by atoms with Crippen molar-refractivity contribution in [2.24, 2.45) is 0 Å². The van der Waals surface area contributed by atoms with Crippen molar-refractivity contribution in [3.8, 4) is 10.4 Å².